The van der Waals surface area contributed by atoms with Crippen LogP contribution in [0.5, 0.6) is 5.75 Å². The molecule has 0 unspecified atom stereocenters. The molecule has 17 heavy (non-hydrogen) atoms. The number of hydrogen-bond donors (Lipinski definition) is 0. The molecule has 0 atom stereocenters. The second-order valence-corrected chi connectivity index (χ2v) is 5.67. The van der Waals surface area contributed by atoms with Crippen molar-refractivity contribution in [1.29, 1.82) is 0 Å². The van der Waals surface area contributed by atoms with Crippen LogP contribution in [-0.2, 0) is 16.5 Å². The third kappa shape index (κ3) is 6.31. The highest BCUT2D eigenvalue weighted by Gasteiger charge is 2.03. The largest absolute Gasteiger partial charge is 0.383 e. The zero-order chi connectivity index (χ0) is 12.7. The van der Waals surface area contributed by atoms with E-state index in [0.29, 0.717) is 5.75 Å². The van der Waals surface area contributed by atoms with Gasteiger partial charge in [0.15, 0.2) is 0 Å². The van der Waals surface area contributed by atoms with E-state index in [-0.39, 0.29) is 0 Å². The van der Waals surface area contributed by atoms with Gasteiger partial charge >= 0.3 is 10.1 Å². The van der Waals surface area contributed by atoms with Crippen molar-refractivity contribution >= 4 is 10.1 Å². The van der Waals surface area contributed by atoms with Crippen molar-refractivity contribution in [2.24, 2.45) is 0 Å². The minimum absolute atomic E-state index is 0.369. The molecule has 0 spiro atoms. The zero-order valence-corrected chi connectivity index (χ0v) is 11.0. The molecule has 1 radical (unpaired) electrons. The third-order valence-electron chi connectivity index (χ3n) is 2.39. The topological polar surface area (TPSA) is 43.4 Å². The summed E-state index contributed by atoms with van der Waals surface area (Å²) in [5, 5.41) is 0. The van der Waals surface area contributed by atoms with Gasteiger partial charge in [0.25, 0.3) is 0 Å². The molecule has 95 valence electrons. The first-order valence-electron chi connectivity index (χ1n) is 5.79. The summed E-state index contributed by atoms with van der Waals surface area (Å²) in [5.41, 5.74) is 1.20. The Balaban J connectivity index is 2.45. The van der Waals surface area contributed by atoms with Crippen molar-refractivity contribution in [3.05, 3.63) is 36.8 Å². The Morgan fingerprint density at radius 2 is 1.76 bits per heavy atom. The van der Waals surface area contributed by atoms with Crippen molar-refractivity contribution < 1.29 is 12.6 Å². The van der Waals surface area contributed by atoms with Gasteiger partial charge in [-0.05, 0) is 30.5 Å². The maximum Gasteiger partial charge on any atom is 0.306 e. The second kappa shape index (κ2) is 6.64. The van der Waals surface area contributed by atoms with Crippen molar-refractivity contribution in [3.63, 3.8) is 0 Å². The fourth-order valence-electron chi connectivity index (χ4n) is 1.57. The monoisotopic (exact) mass is 255 g/mol. The molecule has 0 bridgehead atoms. The lowest BCUT2D eigenvalue weighted by Crippen LogP contribution is -2.05. The van der Waals surface area contributed by atoms with Crippen LogP contribution in [0.3, 0.4) is 0 Å². The maximum atomic E-state index is 10.9. The minimum Gasteiger partial charge on any atom is -0.383 e. The molecule has 3 nitrogen and oxygen atoms in total. The number of hydrogen-bond acceptors (Lipinski definition) is 3. The van der Waals surface area contributed by atoms with Gasteiger partial charge in [-0.2, -0.15) is 8.42 Å². The predicted octanol–water partition coefficient (Wildman–Crippen LogP) is 2.96. The third-order valence-corrected chi connectivity index (χ3v) is 2.88. The number of benzene rings is 1. The van der Waals surface area contributed by atoms with E-state index in [2.05, 4.69) is 6.92 Å². The average molecular weight is 255 g/mol. The summed E-state index contributed by atoms with van der Waals surface area (Å²) in [5.74, 6) is 0.369. The Bertz CT molecular complexity index is 420. The van der Waals surface area contributed by atoms with Gasteiger partial charge < -0.3 is 4.18 Å². The molecule has 0 N–H and O–H groups in total. The fourth-order valence-corrected chi connectivity index (χ4v) is 2.03. The summed E-state index contributed by atoms with van der Waals surface area (Å²) in [6, 6.07) is 7.20. The summed E-state index contributed by atoms with van der Waals surface area (Å²) in [7, 11) is -3.42. The molecular formula is C13H19O3S. The quantitative estimate of drug-likeness (QED) is 0.555. The maximum absolute atomic E-state index is 10.9. The first-order chi connectivity index (χ1) is 8.01. The van der Waals surface area contributed by atoms with E-state index in [1.54, 1.807) is 12.1 Å². The van der Waals surface area contributed by atoms with Crippen molar-refractivity contribution in [3.8, 4) is 5.75 Å². The number of unbranched alkanes of at least 4 members (excludes halogenated alkanes) is 3. The van der Waals surface area contributed by atoms with E-state index in [0.717, 1.165) is 31.9 Å². The lowest BCUT2D eigenvalue weighted by Gasteiger charge is -2.04. The highest BCUT2D eigenvalue weighted by Crippen LogP contribution is 2.15. The van der Waals surface area contributed by atoms with Gasteiger partial charge in [-0.1, -0.05) is 38.3 Å². The standard InChI is InChI=1S/C13H19O3S/c1-3-4-5-6-7-12-8-10-13(11-9-12)16-17(2,14)15/h8-11H,1,3-7H2,2H3. The first kappa shape index (κ1) is 14.0. The summed E-state index contributed by atoms with van der Waals surface area (Å²) < 4.78 is 26.6. The van der Waals surface area contributed by atoms with E-state index >= 15 is 0 Å². The number of rotatable bonds is 7. The zero-order valence-electron chi connectivity index (χ0n) is 10.2. The molecule has 0 amide bonds. The molecule has 1 aromatic carbocycles. The van der Waals surface area contributed by atoms with E-state index in [4.69, 9.17) is 4.18 Å². The normalized spacial score (nSPS) is 11.4. The van der Waals surface area contributed by atoms with Gasteiger partial charge in [-0.15, -0.1) is 0 Å². The Kier molecular flexibility index (Phi) is 5.48. The van der Waals surface area contributed by atoms with Crippen LogP contribution in [0.25, 0.3) is 0 Å². The van der Waals surface area contributed by atoms with Gasteiger partial charge in [-0.25, -0.2) is 0 Å². The van der Waals surface area contributed by atoms with Gasteiger partial charge in [-0.3, -0.25) is 0 Å². The van der Waals surface area contributed by atoms with Gasteiger partial charge in [0.05, 0.1) is 6.26 Å². The lowest BCUT2D eigenvalue weighted by molar-refractivity contribution is 0.493. The van der Waals surface area contributed by atoms with E-state index in [1.165, 1.54) is 12.0 Å². The smallest absolute Gasteiger partial charge is 0.306 e. The van der Waals surface area contributed by atoms with Crippen LogP contribution in [0.2, 0.25) is 0 Å². The van der Waals surface area contributed by atoms with E-state index in [9.17, 15) is 8.42 Å². The van der Waals surface area contributed by atoms with Gasteiger partial charge in [0.2, 0.25) is 0 Å². The van der Waals surface area contributed by atoms with Crippen LogP contribution >= 0.6 is 0 Å². The molecule has 0 saturated carbocycles. The van der Waals surface area contributed by atoms with E-state index < -0.39 is 10.1 Å². The molecule has 1 aromatic rings. The minimum atomic E-state index is -3.42. The Morgan fingerprint density at radius 3 is 2.29 bits per heavy atom. The van der Waals surface area contributed by atoms with Crippen molar-refractivity contribution in [2.75, 3.05) is 6.26 Å². The summed E-state index contributed by atoms with van der Waals surface area (Å²) in [4.78, 5) is 0. The molecule has 0 saturated heterocycles. The molecule has 0 aromatic heterocycles. The molecule has 1 rings (SSSR count). The molecular weight excluding hydrogens is 236 g/mol. The summed E-state index contributed by atoms with van der Waals surface area (Å²) in [6.07, 6.45) is 6.53. The molecule has 0 aliphatic rings. The van der Waals surface area contributed by atoms with Crippen molar-refractivity contribution in [1.82, 2.24) is 0 Å². The Hall–Kier alpha value is -1.03. The van der Waals surface area contributed by atoms with Crippen LogP contribution in [0.15, 0.2) is 24.3 Å². The van der Waals surface area contributed by atoms with Crippen molar-refractivity contribution in [2.45, 2.75) is 32.1 Å². The first-order valence-corrected chi connectivity index (χ1v) is 7.60. The molecule has 0 heterocycles. The van der Waals surface area contributed by atoms with Crippen LogP contribution in [0.1, 0.15) is 31.2 Å². The Labute approximate surface area is 104 Å². The Morgan fingerprint density at radius 1 is 1.12 bits per heavy atom. The second-order valence-electron chi connectivity index (χ2n) is 4.10. The van der Waals surface area contributed by atoms with Crippen LogP contribution < -0.4 is 4.18 Å². The van der Waals surface area contributed by atoms with Gasteiger partial charge in [0, 0.05) is 0 Å². The highest BCUT2D eigenvalue weighted by atomic mass is 32.2. The highest BCUT2D eigenvalue weighted by molar-refractivity contribution is 7.86. The molecule has 4 heteroatoms. The van der Waals surface area contributed by atoms with Crippen LogP contribution in [-0.4, -0.2) is 14.7 Å². The van der Waals surface area contributed by atoms with E-state index in [1.807, 2.05) is 12.1 Å². The average Bonchev–Trinajstić information content (AvgIpc) is 2.25. The van der Waals surface area contributed by atoms with Gasteiger partial charge in [0.1, 0.15) is 5.75 Å². The molecule has 0 aliphatic carbocycles. The number of aryl methyl sites for hydroxylation is 1. The summed E-state index contributed by atoms with van der Waals surface area (Å²) >= 11 is 0. The molecule has 0 fully saturated rings. The van der Waals surface area contributed by atoms with Crippen LogP contribution in [0, 0.1) is 6.92 Å². The fraction of sp³-hybridized carbons (Fsp3) is 0.462. The summed E-state index contributed by atoms with van der Waals surface area (Å²) in [6.45, 7) is 3.80. The SMILES string of the molecule is [CH2]CCCCCc1ccc(OS(C)(=O)=O)cc1. The molecule has 0 aliphatic heterocycles. The predicted molar refractivity (Wildman–Crippen MR) is 69.4 cm³/mol. The lowest BCUT2D eigenvalue weighted by atomic mass is 10.1. The van der Waals surface area contributed by atoms with Crippen LogP contribution in [0.4, 0.5) is 0 Å².